The van der Waals surface area contributed by atoms with Crippen molar-refractivity contribution in [1.29, 1.82) is 0 Å². The van der Waals surface area contributed by atoms with Crippen molar-refractivity contribution in [1.82, 2.24) is 19.8 Å². The van der Waals surface area contributed by atoms with Crippen LogP contribution in [-0.2, 0) is 0 Å². The van der Waals surface area contributed by atoms with Gasteiger partial charge in [0.2, 0.25) is 4.96 Å². The summed E-state index contributed by atoms with van der Waals surface area (Å²) in [4.78, 5) is 0.772. The van der Waals surface area contributed by atoms with Crippen LogP contribution in [0.2, 0.25) is 0 Å². The van der Waals surface area contributed by atoms with E-state index in [1.54, 1.807) is 11.6 Å². The summed E-state index contributed by atoms with van der Waals surface area (Å²) in [5, 5.41) is 13.9. The van der Waals surface area contributed by atoms with Crippen LogP contribution < -0.4 is 4.74 Å². The molecule has 0 aliphatic rings. The van der Waals surface area contributed by atoms with E-state index < -0.39 is 0 Å². The van der Waals surface area contributed by atoms with Gasteiger partial charge in [0.05, 0.1) is 7.11 Å². The molecular formula is C18H14N4OS. The van der Waals surface area contributed by atoms with Crippen LogP contribution in [0.15, 0.2) is 54.6 Å². The van der Waals surface area contributed by atoms with Crippen LogP contribution >= 0.6 is 11.3 Å². The number of hydrogen-bond donors (Lipinski definition) is 0. The minimum Gasteiger partial charge on any atom is -0.497 e. The van der Waals surface area contributed by atoms with Gasteiger partial charge in [-0.3, -0.25) is 0 Å². The highest BCUT2D eigenvalue weighted by Crippen LogP contribution is 2.24. The summed E-state index contributed by atoms with van der Waals surface area (Å²) in [5.41, 5.74) is 2.09. The van der Waals surface area contributed by atoms with E-state index in [1.165, 1.54) is 11.3 Å². The van der Waals surface area contributed by atoms with E-state index in [9.17, 15) is 0 Å². The minimum absolute atomic E-state index is 0.725. The van der Waals surface area contributed by atoms with Crippen molar-refractivity contribution in [3.8, 4) is 17.1 Å². The van der Waals surface area contributed by atoms with Crippen molar-refractivity contribution < 1.29 is 4.74 Å². The Morgan fingerprint density at radius 3 is 2.50 bits per heavy atom. The van der Waals surface area contributed by atoms with Crippen molar-refractivity contribution in [2.45, 2.75) is 0 Å². The molecule has 24 heavy (non-hydrogen) atoms. The van der Waals surface area contributed by atoms with Crippen LogP contribution in [0.3, 0.4) is 0 Å². The van der Waals surface area contributed by atoms with Crippen LogP contribution in [0.5, 0.6) is 5.75 Å². The average molecular weight is 334 g/mol. The molecule has 2 aromatic carbocycles. The van der Waals surface area contributed by atoms with E-state index in [0.717, 1.165) is 32.7 Å². The fraction of sp³-hybridized carbons (Fsp3) is 0.0556. The van der Waals surface area contributed by atoms with Gasteiger partial charge in [0.1, 0.15) is 10.8 Å². The molecule has 0 fully saturated rings. The van der Waals surface area contributed by atoms with E-state index in [-0.39, 0.29) is 0 Å². The van der Waals surface area contributed by atoms with Gasteiger partial charge < -0.3 is 4.74 Å². The fourth-order valence-electron chi connectivity index (χ4n) is 2.35. The van der Waals surface area contributed by atoms with Crippen molar-refractivity contribution in [2.75, 3.05) is 7.11 Å². The van der Waals surface area contributed by atoms with E-state index in [2.05, 4.69) is 27.4 Å². The second-order valence-corrected chi connectivity index (χ2v) is 6.12. The summed E-state index contributed by atoms with van der Waals surface area (Å²) >= 11 is 1.51. The molecule has 118 valence electrons. The molecule has 0 atom stereocenters. The second-order valence-electron chi connectivity index (χ2n) is 5.13. The smallest absolute Gasteiger partial charge is 0.235 e. The van der Waals surface area contributed by atoms with Crippen LogP contribution in [0, 0.1) is 0 Å². The first-order valence-electron chi connectivity index (χ1n) is 7.43. The number of benzene rings is 2. The highest BCUT2D eigenvalue weighted by molar-refractivity contribution is 7.17. The molecule has 4 aromatic rings. The van der Waals surface area contributed by atoms with Gasteiger partial charge in [0.15, 0.2) is 5.82 Å². The molecule has 0 saturated heterocycles. The lowest BCUT2D eigenvalue weighted by molar-refractivity contribution is 0.415. The topological polar surface area (TPSA) is 52.3 Å². The molecule has 0 spiro atoms. The Labute approximate surface area is 142 Å². The third-order valence-corrected chi connectivity index (χ3v) is 4.44. The van der Waals surface area contributed by atoms with Gasteiger partial charge in [-0.2, -0.15) is 9.61 Å². The van der Waals surface area contributed by atoms with Gasteiger partial charge in [-0.1, -0.05) is 47.7 Å². The van der Waals surface area contributed by atoms with E-state index >= 15 is 0 Å². The molecular weight excluding hydrogens is 320 g/mol. The molecule has 4 rings (SSSR count). The zero-order chi connectivity index (χ0) is 16.4. The number of methoxy groups -OCH3 is 1. The maximum atomic E-state index is 5.19. The zero-order valence-corrected chi connectivity index (χ0v) is 13.8. The maximum Gasteiger partial charge on any atom is 0.235 e. The molecule has 0 radical (unpaired) electrons. The number of hydrogen-bond acceptors (Lipinski definition) is 5. The van der Waals surface area contributed by atoms with Gasteiger partial charge in [0.25, 0.3) is 0 Å². The summed E-state index contributed by atoms with van der Waals surface area (Å²) in [6.07, 6.45) is 4.03. The third kappa shape index (κ3) is 2.79. The van der Waals surface area contributed by atoms with Gasteiger partial charge in [0, 0.05) is 5.56 Å². The highest BCUT2D eigenvalue weighted by Gasteiger charge is 2.12. The predicted molar refractivity (Wildman–Crippen MR) is 96.0 cm³/mol. The first-order valence-corrected chi connectivity index (χ1v) is 8.25. The number of rotatable bonds is 4. The molecule has 0 aliphatic heterocycles. The summed E-state index contributed by atoms with van der Waals surface area (Å²) < 4.78 is 6.96. The highest BCUT2D eigenvalue weighted by atomic mass is 32.1. The van der Waals surface area contributed by atoms with Gasteiger partial charge in [-0.25, -0.2) is 0 Å². The van der Waals surface area contributed by atoms with Crippen LogP contribution in [-0.4, -0.2) is 26.9 Å². The molecule has 0 saturated carbocycles. The molecule has 2 aromatic heterocycles. The summed E-state index contributed by atoms with van der Waals surface area (Å²) in [6, 6.07) is 17.8. The number of nitrogens with zero attached hydrogens (tertiary/aromatic N) is 4. The fourth-order valence-corrected chi connectivity index (χ4v) is 3.09. The Hall–Kier alpha value is -2.99. The SMILES string of the molecule is COc1ccc(-c2nnc3sc(/C=C\c4ccccc4)nn23)cc1. The molecule has 0 bridgehead atoms. The van der Waals surface area contributed by atoms with E-state index in [0.29, 0.717) is 0 Å². The standard InChI is InChI=1S/C18H14N4OS/c1-23-15-10-8-14(9-11-15)17-19-20-18-22(17)21-16(24-18)12-7-13-5-3-2-4-6-13/h2-12H,1H3/b12-7-. The number of aromatic nitrogens is 4. The van der Waals surface area contributed by atoms with Crippen LogP contribution in [0.25, 0.3) is 28.5 Å². The van der Waals surface area contributed by atoms with Crippen molar-refractivity contribution in [3.63, 3.8) is 0 Å². The van der Waals surface area contributed by atoms with Crippen LogP contribution in [0.4, 0.5) is 0 Å². The summed E-state index contributed by atoms with van der Waals surface area (Å²) in [5.74, 6) is 1.53. The number of ether oxygens (including phenoxy) is 1. The Morgan fingerprint density at radius 1 is 0.958 bits per heavy atom. The maximum absolute atomic E-state index is 5.19. The minimum atomic E-state index is 0.725. The normalized spacial score (nSPS) is 11.4. The predicted octanol–water partition coefficient (Wildman–Crippen LogP) is 4.03. The largest absolute Gasteiger partial charge is 0.497 e. The van der Waals surface area contributed by atoms with Crippen molar-refractivity contribution in [3.05, 3.63) is 65.2 Å². The molecule has 6 heteroatoms. The molecule has 5 nitrogen and oxygen atoms in total. The monoisotopic (exact) mass is 334 g/mol. The molecule has 2 heterocycles. The van der Waals surface area contributed by atoms with Gasteiger partial charge in [-0.05, 0) is 35.9 Å². The quantitative estimate of drug-likeness (QED) is 0.565. The summed E-state index contributed by atoms with van der Waals surface area (Å²) in [6.45, 7) is 0. The van der Waals surface area contributed by atoms with Crippen LogP contribution in [0.1, 0.15) is 10.6 Å². The lowest BCUT2D eigenvalue weighted by Gasteiger charge is -2.00. The zero-order valence-electron chi connectivity index (χ0n) is 13.0. The Bertz CT molecular complexity index is 987. The Morgan fingerprint density at radius 2 is 1.75 bits per heavy atom. The van der Waals surface area contributed by atoms with Gasteiger partial charge in [-0.15, -0.1) is 10.2 Å². The lowest BCUT2D eigenvalue weighted by Crippen LogP contribution is -1.91. The molecule has 0 N–H and O–H groups in total. The van der Waals surface area contributed by atoms with Gasteiger partial charge >= 0.3 is 0 Å². The average Bonchev–Trinajstić information content (AvgIpc) is 3.21. The molecule has 0 unspecified atom stereocenters. The Balaban J connectivity index is 1.66. The van der Waals surface area contributed by atoms with Crippen molar-refractivity contribution in [2.24, 2.45) is 0 Å². The summed E-state index contributed by atoms with van der Waals surface area (Å²) in [7, 11) is 1.65. The third-order valence-electron chi connectivity index (χ3n) is 3.57. The van der Waals surface area contributed by atoms with E-state index in [1.807, 2.05) is 54.6 Å². The first kappa shape index (κ1) is 14.6. The van der Waals surface area contributed by atoms with E-state index in [4.69, 9.17) is 4.74 Å². The number of fused-ring (bicyclic) bond motifs is 1. The van der Waals surface area contributed by atoms with Crippen molar-refractivity contribution >= 4 is 28.4 Å². The Kier molecular flexibility index (Phi) is 3.80. The molecule has 0 amide bonds. The first-order chi connectivity index (χ1) is 11.8. The second kappa shape index (κ2) is 6.25. The lowest BCUT2D eigenvalue weighted by atomic mass is 10.2. The molecule has 0 aliphatic carbocycles.